The standard InChI is InChI=1S/C24H31N5O/c1-3-4-8-19-18(2)20(17-25)24-27-21-9-5-6-10-22(21)29(24)23(19)26-11-7-12-28-13-15-30-16-14-28/h5-6,9-10H,3-4,7-8,11-16H2,1-2H3,(H,26,27)/p+2. The molecule has 0 bridgehead atoms. The topological polar surface area (TPSA) is 69.4 Å². The zero-order chi connectivity index (χ0) is 20.9. The number of nitrogens with one attached hydrogen (secondary N) is 3. The molecule has 30 heavy (non-hydrogen) atoms. The number of unbranched alkanes of at least 4 members (excludes halogenated alkanes) is 1. The first kappa shape index (κ1) is 20.6. The summed E-state index contributed by atoms with van der Waals surface area (Å²) in [5.74, 6) is 1.14. The van der Waals surface area contributed by atoms with Crippen LogP contribution in [0, 0.1) is 18.3 Å². The summed E-state index contributed by atoms with van der Waals surface area (Å²) in [5.41, 5.74) is 6.18. The van der Waals surface area contributed by atoms with Gasteiger partial charge in [0.2, 0.25) is 11.5 Å². The van der Waals surface area contributed by atoms with Gasteiger partial charge in [-0.2, -0.15) is 9.66 Å². The number of hydrogen-bond donors (Lipinski definition) is 3. The molecule has 1 saturated heterocycles. The molecule has 6 heteroatoms. The van der Waals surface area contributed by atoms with Crippen LogP contribution in [-0.2, 0) is 11.2 Å². The quantitative estimate of drug-likeness (QED) is 0.396. The normalized spacial score (nSPS) is 15.0. The number of para-hydroxylation sites is 2. The Morgan fingerprint density at radius 2 is 2.03 bits per heavy atom. The van der Waals surface area contributed by atoms with Crippen molar-refractivity contribution in [3.63, 3.8) is 0 Å². The molecule has 1 aliphatic rings. The van der Waals surface area contributed by atoms with Gasteiger partial charge in [0.15, 0.2) is 0 Å². The lowest BCUT2D eigenvalue weighted by molar-refractivity contribution is -0.908. The van der Waals surface area contributed by atoms with Crippen molar-refractivity contribution in [2.24, 2.45) is 0 Å². The highest BCUT2D eigenvalue weighted by molar-refractivity contribution is 5.78. The number of benzene rings is 1. The van der Waals surface area contributed by atoms with Crippen LogP contribution in [0.3, 0.4) is 0 Å². The summed E-state index contributed by atoms with van der Waals surface area (Å²) in [6.07, 6.45) is 4.35. The van der Waals surface area contributed by atoms with E-state index in [-0.39, 0.29) is 0 Å². The van der Waals surface area contributed by atoms with Crippen molar-refractivity contribution in [3.05, 3.63) is 41.0 Å². The molecular formula is C24H33N5O+2. The Hall–Kier alpha value is -2.62. The number of morpholine rings is 1. The van der Waals surface area contributed by atoms with Crippen molar-refractivity contribution >= 4 is 22.5 Å². The molecule has 3 heterocycles. The van der Waals surface area contributed by atoms with Crippen LogP contribution in [0.4, 0.5) is 5.82 Å². The van der Waals surface area contributed by atoms with Crippen LogP contribution in [0.5, 0.6) is 0 Å². The number of aromatic amines is 1. The number of pyridine rings is 1. The number of anilines is 1. The second-order valence-electron chi connectivity index (χ2n) is 8.26. The van der Waals surface area contributed by atoms with Crippen molar-refractivity contribution in [1.29, 1.82) is 5.26 Å². The van der Waals surface area contributed by atoms with Crippen molar-refractivity contribution < 1.29 is 14.0 Å². The first-order valence-electron chi connectivity index (χ1n) is 11.3. The van der Waals surface area contributed by atoms with Gasteiger partial charge in [-0.05, 0) is 37.5 Å². The molecule has 0 unspecified atom stereocenters. The van der Waals surface area contributed by atoms with Crippen LogP contribution in [0.25, 0.3) is 16.7 Å². The Bertz CT molecular complexity index is 1060. The van der Waals surface area contributed by atoms with E-state index in [0.717, 1.165) is 98.7 Å². The molecule has 4 rings (SSSR count). The summed E-state index contributed by atoms with van der Waals surface area (Å²) >= 11 is 0. The van der Waals surface area contributed by atoms with Gasteiger partial charge in [-0.1, -0.05) is 25.5 Å². The fraction of sp³-hybridized carbons (Fsp3) is 0.500. The van der Waals surface area contributed by atoms with E-state index in [4.69, 9.17) is 4.74 Å². The van der Waals surface area contributed by atoms with E-state index in [1.54, 1.807) is 4.90 Å². The lowest BCUT2D eigenvalue weighted by Gasteiger charge is -2.23. The highest BCUT2D eigenvalue weighted by atomic mass is 16.5. The van der Waals surface area contributed by atoms with Gasteiger partial charge in [0.05, 0.1) is 26.3 Å². The Morgan fingerprint density at radius 3 is 2.80 bits per heavy atom. The average molecular weight is 408 g/mol. The van der Waals surface area contributed by atoms with Crippen LogP contribution >= 0.6 is 0 Å². The molecule has 0 spiro atoms. The van der Waals surface area contributed by atoms with Gasteiger partial charge in [0, 0.05) is 12.0 Å². The molecule has 6 nitrogen and oxygen atoms in total. The van der Waals surface area contributed by atoms with E-state index >= 15 is 0 Å². The Morgan fingerprint density at radius 1 is 1.23 bits per heavy atom. The third kappa shape index (κ3) is 4.00. The monoisotopic (exact) mass is 407 g/mol. The number of quaternary nitrogens is 1. The molecule has 1 aromatic carbocycles. The largest absolute Gasteiger partial charge is 0.370 e. The lowest BCUT2D eigenvalue weighted by Crippen LogP contribution is -3.14. The number of aromatic nitrogens is 2. The van der Waals surface area contributed by atoms with E-state index in [1.165, 1.54) is 5.56 Å². The summed E-state index contributed by atoms with van der Waals surface area (Å²) in [6, 6.07) is 10.8. The van der Waals surface area contributed by atoms with E-state index in [2.05, 4.69) is 52.8 Å². The van der Waals surface area contributed by atoms with Gasteiger partial charge < -0.3 is 15.0 Å². The number of hydrogen-bond acceptors (Lipinski definition) is 3. The maximum atomic E-state index is 9.92. The van der Waals surface area contributed by atoms with Crippen LogP contribution in [-0.4, -0.2) is 44.4 Å². The fourth-order valence-electron chi connectivity index (χ4n) is 4.56. The van der Waals surface area contributed by atoms with Gasteiger partial charge in [0.1, 0.15) is 35.8 Å². The SMILES string of the molecule is CCCCc1c(C)c(C#N)c2[nH]c3ccccc3[n+]2c1NCCC[NH+]1CCOCC1. The molecule has 0 radical (unpaired) electrons. The molecule has 0 aliphatic carbocycles. The van der Waals surface area contributed by atoms with Crippen molar-refractivity contribution in [2.75, 3.05) is 44.7 Å². The number of rotatable bonds is 8. The summed E-state index contributed by atoms with van der Waals surface area (Å²) in [4.78, 5) is 5.12. The molecule has 0 amide bonds. The predicted octanol–water partition coefficient (Wildman–Crippen LogP) is 2.15. The van der Waals surface area contributed by atoms with Gasteiger partial charge in [-0.3, -0.25) is 4.98 Å². The maximum Gasteiger partial charge on any atom is 0.250 e. The van der Waals surface area contributed by atoms with E-state index in [1.807, 2.05) is 6.07 Å². The number of nitrogens with zero attached hydrogens (tertiary/aromatic N) is 2. The molecular weight excluding hydrogens is 374 g/mol. The zero-order valence-electron chi connectivity index (χ0n) is 18.2. The predicted molar refractivity (Wildman–Crippen MR) is 119 cm³/mol. The molecule has 1 aliphatic heterocycles. The van der Waals surface area contributed by atoms with Crippen molar-refractivity contribution in [3.8, 4) is 6.07 Å². The highest BCUT2D eigenvalue weighted by Crippen LogP contribution is 2.26. The first-order chi connectivity index (χ1) is 14.7. The smallest absolute Gasteiger partial charge is 0.250 e. The Labute approximate surface area is 178 Å². The summed E-state index contributed by atoms with van der Waals surface area (Å²) < 4.78 is 7.70. The minimum absolute atomic E-state index is 0.751. The van der Waals surface area contributed by atoms with Crippen molar-refractivity contribution in [1.82, 2.24) is 4.98 Å². The molecule has 1 fully saturated rings. The molecule has 3 N–H and O–H groups in total. The molecule has 0 saturated carbocycles. The molecule has 3 aromatic rings. The van der Waals surface area contributed by atoms with Crippen LogP contribution in [0.2, 0.25) is 0 Å². The number of fused-ring (bicyclic) bond motifs is 3. The maximum absolute atomic E-state index is 9.92. The van der Waals surface area contributed by atoms with Crippen LogP contribution < -0.4 is 14.6 Å². The van der Waals surface area contributed by atoms with Crippen molar-refractivity contribution in [2.45, 2.75) is 39.5 Å². The summed E-state index contributed by atoms with van der Waals surface area (Å²) in [5, 5.41) is 13.7. The van der Waals surface area contributed by atoms with Crippen LogP contribution in [0.1, 0.15) is 42.9 Å². The summed E-state index contributed by atoms with van der Waals surface area (Å²) in [6.45, 7) is 10.4. The number of H-pyrrole nitrogens is 1. The first-order valence-corrected chi connectivity index (χ1v) is 11.3. The fourth-order valence-corrected chi connectivity index (χ4v) is 4.56. The number of ether oxygens (including phenoxy) is 1. The van der Waals surface area contributed by atoms with Gasteiger partial charge in [-0.25, -0.2) is 0 Å². The Kier molecular flexibility index (Phi) is 6.51. The zero-order valence-corrected chi connectivity index (χ0v) is 18.2. The highest BCUT2D eigenvalue weighted by Gasteiger charge is 2.25. The average Bonchev–Trinajstić information content (AvgIpc) is 3.16. The van der Waals surface area contributed by atoms with Gasteiger partial charge in [-0.15, -0.1) is 0 Å². The third-order valence-electron chi connectivity index (χ3n) is 6.29. The van der Waals surface area contributed by atoms with E-state index in [0.29, 0.717) is 0 Å². The van der Waals surface area contributed by atoms with E-state index in [9.17, 15) is 5.26 Å². The third-order valence-corrected chi connectivity index (χ3v) is 6.29. The second-order valence-corrected chi connectivity index (χ2v) is 8.26. The number of nitriles is 1. The van der Waals surface area contributed by atoms with E-state index < -0.39 is 0 Å². The van der Waals surface area contributed by atoms with Crippen LogP contribution in [0.15, 0.2) is 24.3 Å². The summed E-state index contributed by atoms with van der Waals surface area (Å²) in [7, 11) is 0. The Balaban J connectivity index is 1.70. The molecule has 158 valence electrons. The minimum atomic E-state index is 0.751. The minimum Gasteiger partial charge on any atom is -0.370 e. The number of imidazole rings is 1. The van der Waals surface area contributed by atoms with Gasteiger partial charge in [0.25, 0.3) is 0 Å². The van der Waals surface area contributed by atoms with Gasteiger partial charge >= 0.3 is 0 Å². The second kappa shape index (κ2) is 9.46. The molecule has 0 atom stereocenters. The molecule has 2 aromatic heterocycles. The lowest BCUT2D eigenvalue weighted by atomic mass is 9.99.